The van der Waals surface area contributed by atoms with E-state index in [-0.39, 0.29) is 0 Å². The van der Waals surface area contributed by atoms with Crippen molar-refractivity contribution in [1.82, 2.24) is 13.9 Å². The lowest BCUT2D eigenvalue weighted by Gasteiger charge is -2.19. The molecule has 0 spiro atoms. The molecule has 5 rings (SSSR count). The number of imidazole rings is 1. The van der Waals surface area contributed by atoms with E-state index in [1.165, 1.54) is 38.9 Å². The Morgan fingerprint density at radius 3 is 2.09 bits per heavy atom. The number of benzene rings is 3. The van der Waals surface area contributed by atoms with Gasteiger partial charge in [-0.05, 0) is 48.5 Å². The molecular weight excluding hydrogens is 414 g/mol. The molecule has 0 fully saturated rings. The van der Waals surface area contributed by atoms with Crippen LogP contribution in [0, 0.1) is 0 Å². The van der Waals surface area contributed by atoms with Gasteiger partial charge in [0.25, 0.3) is 0 Å². The quantitative estimate of drug-likeness (QED) is 0.259. The van der Waals surface area contributed by atoms with Crippen LogP contribution >= 0.6 is 11.6 Å². The van der Waals surface area contributed by atoms with Gasteiger partial charge in [0, 0.05) is 35.4 Å². The van der Waals surface area contributed by atoms with Crippen LogP contribution in [0.15, 0.2) is 85.1 Å². The van der Waals surface area contributed by atoms with E-state index in [2.05, 4.69) is 101 Å². The molecule has 0 N–H and O–H groups in total. The zero-order chi connectivity index (χ0) is 22.1. The standard InChI is InChI=1S/C28H28ClN3/c1-3-30(4-2)18-19-31-25-12-8-9-13-26(25)32-20-24(21-14-16-23(29)17-15-21)27(28(31)32)22-10-6-5-7-11-22/h5-17,20H,3-4,18-19H2,1-2H3. The van der Waals surface area contributed by atoms with E-state index < -0.39 is 0 Å². The summed E-state index contributed by atoms with van der Waals surface area (Å²) < 4.78 is 4.86. The minimum Gasteiger partial charge on any atom is -0.324 e. The van der Waals surface area contributed by atoms with E-state index in [0.29, 0.717) is 0 Å². The summed E-state index contributed by atoms with van der Waals surface area (Å²) in [7, 11) is 0. The van der Waals surface area contributed by atoms with Crippen LogP contribution < -0.4 is 0 Å². The number of nitrogens with zero attached hydrogens (tertiary/aromatic N) is 3. The average Bonchev–Trinajstić information content (AvgIpc) is 3.36. The zero-order valence-corrected chi connectivity index (χ0v) is 19.4. The molecule has 0 radical (unpaired) electrons. The Kier molecular flexibility index (Phi) is 5.77. The van der Waals surface area contributed by atoms with Crippen molar-refractivity contribution in [2.45, 2.75) is 20.4 Å². The fourth-order valence-corrected chi connectivity index (χ4v) is 4.83. The van der Waals surface area contributed by atoms with Gasteiger partial charge in [0.05, 0.1) is 11.0 Å². The molecule has 0 saturated carbocycles. The molecule has 0 saturated heterocycles. The zero-order valence-electron chi connectivity index (χ0n) is 18.6. The molecule has 3 aromatic carbocycles. The lowest BCUT2D eigenvalue weighted by atomic mass is 9.98. The van der Waals surface area contributed by atoms with Crippen molar-refractivity contribution >= 4 is 28.3 Å². The second-order valence-corrected chi connectivity index (χ2v) is 8.59. The SMILES string of the molecule is CCN(CC)CCn1c2ccccc2n2cc(-c3ccc(Cl)cc3)c(-c3ccccc3)c12. The average molecular weight is 442 g/mol. The Morgan fingerprint density at radius 1 is 0.750 bits per heavy atom. The normalized spacial score (nSPS) is 11.8. The first-order valence-corrected chi connectivity index (χ1v) is 11.7. The monoisotopic (exact) mass is 441 g/mol. The maximum atomic E-state index is 6.20. The molecule has 3 nitrogen and oxygen atoms in total. The van der Waals surface area contributed by atoms with Crippen molar-refractivity contribution in [2.24, 2.45) is 0 Å². The summed E-state index contributed by atoms with van der Waals surface area (Å²) in [4.78, 5) is 2.48. The summed E-state index contributed by atoms with van der Waals surface area (Å²) in [6.07, 6.45) is 2.29. The second kappa shape index (κ2) is 8.85. The van der Waals surface area contributed by atoms with Crippen LogP contribution in [0.4, 0.5) is 0 Å². The minimum absolute atomic E-state index is 0.757. The number of halogens is 1. The van der Waals surface area contributed by atoms with Crippen LogP contribution in [-0.2, 0) is 6.54 Å². The summed E-state index contributed by atoms with van der Waals surface area (Å²) in [5.41, 5.74) is 8.65. The van der Waals surface area contributed by atoms with Gasteiger partial charge in [0.1, 0.15) is 5.65 Å². The maximum Gasteiger partial charge on any atom is 0.126 e. The molecule has 32 heavy (non-hydrogen) atoms. The van der Waals surface area contributed by atoms with Crippen LogP contribution in [0.5, 0.6) is 0 Å². The second-order valence-electron chi connectivity index (χ2n) is 8.15. The first-order chi connectivity index (χ1) is 15.7. The number of rotatable bonds is 7. The van der Waals surface area contributed by atoms with E-state index in [1.54, 1.807) is 0 Å². The summed E-state index contributed by atoms with van der Waals surface area (Å²) in [6.45, 7) is 8.57. The van der Waals surface area contributed by atoms with Crippen molar-refractivity contribution in [3.63, 3.8) is 0 Å². The van der Waals surface area contributed by atoms with Crippen molar-refractivity contribution < 1.29 is 0 Å². The van der Waals surface area contributed by atoms with Gasteiger partial charge >= 0.3 is 0 Å². The van der Waals surface area contributed by atoms with Crippen molar-refractivity contribution in [2.75, 3.05) is 19.6 Å². The number of likely N-dealkylation sites (N-methyl/N-ethyl adjacent to an activating group) is 1. The van der Waals surface area contributed by atoms with Gasteiger partial charge in [-0.2, -0.15) is 0 Å². The van der Waals surface area contributed by atoms with Crippen LogP contribution in [0.25, 0.3) is 38.9 Å². The molecule has 5 aromatic rings. The fourth-order valence-electron chi connectivity index (χ4n) is 4.70. The van der Waals surface area contributed by atoms with Crippen LogP contribution in [-0.4, -0.2) is 33.5 Å². The molecule has 0 bridgehead atoms. The van der Waals surface area contributed by atoms with Crippen LogP contribution in [0.2, 0.25) is 5.02 Å². The van der Waals surface area contributed by atoms with Crippen molar-refractivity contribution in [3.05, 3.63) is 90.1 Å². The molecule has 2 heterocycles. The van der Waals surface area contributed by atoms with Crippen LogP contribution in [0.1, 0.15) is 13.8 Å². The largest absolute Gasteiger partial charge is 0.324 e. The predicted octanol–water partition coefficient (Wildman–Crippen LogP) is 7.22. The highest BCUT2D eigenvalue weighted by Gasteiger charge is 2.21. The Hall–Kier alpha value is -3.01. The van der Waals surface area contributed by atoms with Crippen molar-refractivity contribution in [1.29, 1.82) is 0 Å². The molecule has 162 valence electrons. The Bertz CT molecular complexity index is 1340. The molecule has 2 aromatic heterocycles. The predicted molar refractivity (Wildman–Crippen MR) is 137 cm³/mol. The highest BCUT2D eigenvalue weighted by Crippen LogP contribution is 2.40. The number of para-hydroxylation sites is 2. The van der Waals surface area contributed by atoms with Gasteiger partial charge in [0.15, 0.2) is 0 Å². The summed E-state index contributed by atoms with van der Waals surface area (Å²) >= 11 is 6.20. The number of fused-ring (bicyclic) bond motifs is 3. The van der Waals surface area contributed by atoms with Gasteiger partial charge < -0.3 is 9.47 Å². The third kappa shape index (κ3) is 3.62. The smallest absolute Gasteiger partial charge is 0.126 e. The molecule has 0 aliphatic heterocycles. The highest BCUT2D eigenvalue weighted by molar-refractivity contribution is 6.30. The molecule has 0 amide bonds. The Morgan fingerprint density at radius 2 is 1.41 bits per heavy atom. The molecular formula is C28H28ClN3. The van der Waals surface area contributed by atoms with E-state index in [4.69, 9.17) is 11.6 Å². The van der Waals surface area contributed by atoms with Gasteiger partial charge in [-0.25, -0.2) is 0 Å². The van der Waals surface area contributed by atoms with Crippen molar-refractivity contribution in [3.8, 4) is 22.3 Å². The number of aromatic nitrogens is 2. The van der Waals surface area contributed by atoms with E-state index in [9.17, 15) is 0 Å². The summed E-state index contributed by atoms with van der Waals surface area (Å²) in [5, 5.41) is 0.757. The fraction of sp³-hybridized carbons (Fsp3) is 0.214. The number of hydrogen-bond donors (Lipinski definition) is 0. The highest BCUT2D eigenvalue weighted by atomic mass is 35.5. The van der Waals surface area contributed by atoms with Gasteiger partial charge in [-0.3, -0.25) is 4.40 Å². The molecule has 0 atom stereocenters. The third-order valence-corrected chi connectivity index (χ3v) is 6.67. The Labute approximate surface area is 194 Å². The summed E-state index contributed by atoms with van der Waals surface area (Å²) in [5.74, 6) is 0. The van der Waals surface area contributed by atoms with E-state index in [0.717, 1.165) is 31.2 Å². The van der Waals surface area contributed by atoms with E-state index >= 15 is 0 Å². The topological polar surface area (TPSA) is 12.6 Å². The first-order valence-electron chi connectivity index (χ1n) is 11.4. The van der Waals surface area contributed by atoms with Gasteiger partial charge in [-0.1, -0.05) is 80.0 Å². The van der Waals surface area contributed by atoms with E-state index in [1.807, 2.05) is 12.1 Å². The molecule has 0 aliphatic rings. The first kappa shape index (κ1) is 20.9. The van der Waals surface area contributed by atoms with Gasteiger partial charge in [-0.15, -0.1) is 0 Å². The lowest BCUT2D eigenvalue weighted by molar-refractivity contribution is 0.293. The molecule has 0 aliphatic carbocycles. The minimum atomic E-state index is 0.757. The molecule has 0 unspecified atom stereocenters. The van der Waals surface area contributed by atoms with Gasteiger partial charge in [0.2, 0.25) is 0 Å². The molecule has 4 heteroatoms. The summed E-state index contributed by atoms with van der Waals surface area (Å²) in [6, 6.07) is 27.6. The number of hydrogen-bond acceptors (Lipinski definition) is 1. The van der Waals surface area contributed by atoms with Crippen LogP contribution in [0.3, 0.4) is 0 Å². The maximum absolute atomic E-state index is 6.20. The third-order valence-electron chi connectivity index (χ3n) is 6.42. The lowest BCUT2D eigenvalue weighted by Crippen LogP contribution is -2.27. The Balaban J connectivity index is 1.80.